The molecule has 7 heteroatoms. The number of allylic oxidation sites excluding steroid dienone is 1. The van der Waals surface area contributed by atoms with Gasteiger partial charge < -0.3 is 9.47 Å². The standard InChI is InChI=1S/C22H27N3O3S/c1-27-16-8-9-17(20(10-16)28-2)18-11-21(26)25-13-24(15-6-4-3-5-7-15)14-29-22(25)19(18)12-23/h8-10,15,18H,3-7,11,13-14H2,1-2H3/t18-/m0/s1. The van der Waals surface area contributed by atoms with Crippen molar-refractivity contribution < 1.29 is 14.3 Å². The van der Waals surface area contributed by atoms with Crippen molar-refractivity contribution in [1.29, 1.82) is 5.26 Å². The lowest BCUT2D eigenvalue weighted by atomic mass is 9.86. The van der Waals surface area contributed by atoms with Gasteiger partial charge in [0.05, 0.1) is 43.4 Å². The Labute approximate surface area is 176 Å². The molecule has 0 aromatic heterocycles. The number of ether oxygens (including phenoxy) is 2. The zero-order valence-corrected chi connectivity index (χ0v) is 17.8. The summed E-state index contributed by atoms with van der Waals surface area (Å²) in [6.07, 6.45) is 6.55. The molecule has 3 aliphatic rings. The zero-order valence-electron chi connectivity index (χ0n) is 17.0. The Balaban J connectivity index is 1.64. The first kappa shape index (κ1) is 20.1. The van der Waals surface area contributed by atoms with Crippen LogP contribution in [-0.4, -0.2) is 48.5 Å². The lowest BCUT2D eigenvalue weighted by Gasteiger charge is -2.44. The first-order valence-corrected chi connectivity index (χ1v) is 11.2. The number of carbonyl (C=O) groups excluding carboxylic acids is 1. The van der Waals surface area contributed by atoms with Gasteiger partial charge in [-0.15, -0.1) is 0 Å². The van der Waals surface area contributed by atoms with Crippen molar-refractivity contribution >= 4 is 17.7 Å². The second kappa shape index (κ2) is 8.68. The molecule has 0 N–H and O–H groups in total. The molecule has 1 aromatic rings. The Morgan fingerprint density at radius 2 is 1.97 bits per heavy atom. The van der Waals surface area contributed by atoms with Crippen molar-refractivity contribution in [1.82, 2.24) is 9.80 Å². The molecule has 1 aliphatic carbocycles. The number of rotatable bonds is 4. The molecular weight excluding hydrogens is 386 g/mol. The summed E-state index contributed by atoms with van der Waals surface area (Å²) in [7, 11) is 3.21. The molecule has 0 bridgehead atoms. The molecule has 0 radical (unpaired) electrons. The number of thioether (sulfide) groups is 1. The molecule has 0 unspecified atom stereocenters. The molecule has 29 heavy (non-hydrogen) atoms. The molecule has 0 spiro atoms. The van der Waals surface area contributed by atoms with Crippen molar-refractivity contribution in [2.75, 3.05) is 26.8 Å². The first-order chi connectivity index (χ1) is 14.2. The lowest BCUT2D eigenvalue weighted by molar-refractivity contribution is -0.132. The molecular formula is C22H27N3O3S. The fraction of sp³-hybridized carbons (Fsp3) is 0.545. The largest absolute Gasteiger partial charge is 0.497 e. The molecule has 1 atom stereocenters. The van der Waals surface area contributed by atoms with E-state index in [1.165, 1.54) is 32.1 Å². The van der Waals surface area contributed by atoms with Crippen LogP contribution < -0.4 is 9.47 Å². The number of amides is 1. The van der Waals surface area contributed by atoms with Crippen LogP contribution in [0.15, 0.2) is 28.8 Å². The van der Waals surface area contributed by atoms with Gasteiger partial charge in [0.25, 0.3) is 0 Å². The maximum atomic E-state index is 13.1. The number of methoxy groups -OCH3 is 2. The molecule has 1 amide bonds. The van der Waals surface area contributed by atoms with E-state index in [0.717, 1.165) is 16.5 Å². The summed E-state index contributed by atoms with van der Waals surface area (Å²) in [5.41, 5.74) is 1.53. The molecule has 2 aliphatic heterocycles. The third kappa shape index (κ3) is 3.84. The van der Waals surface area contributed by atoms with E-state index in [2.05, 4.69) is 11.0 Å². The normalized spacial score (nSPS) is 23.6. The first-order valence-electron chi connectivity index (χ1n) is 10.2. The van der Waals surface area contributed by atoms with Gasteiger partial charge in [0.2, 0.25) is 5.91 Å². The molecule has 6 nitrogen and oxygen atoms in total. The van der Waals surface area contributed by atoms with Crippen LogP contribution in [0.1, 0.15) is 50.0 Å². The minimum Gasteiger partial charge on any atom is -0.497 e. The maximum absolute atomic E-state index is 13.1. The Morgan fingerprint density at radius 3 is 2.66 bits per heavy atom. The van der Waals surface area contributed by atoms with E-state index in [9.17, 15) is 10.1 Å². The van der Waals surface area contributed by atoms with Gasteiger partial charge in [-0.25, -0.2) is 0 Å². The van der Waals surface area contributed by atoms with Gasteiger partial charge in [0.15, 0.2) is 0 Å². The molecule has 1 aromatic carbocycles. The van der Waals surface area contributed by atoms with E-state index in [1.54, 1.807) is 26.0 Å². The van der Waals surface area contributed by atoms with Crippen LogP contribution in [-0.2, 0) is 4.79 Å². The highest BCUT2D eigenvalue weighted by atomic mass is 32.2. The molecule has 4 rings (SSSR count). The summed E-state index contributed by atoms with van der Waals surface area (Å²) in [5.74, 6) is 1.97. The number of benzene rings is 1. The highest BCUT2D eigenvalue weighted by Crippen LogP contribution is 2.46. The van der Waals surface area contributed by atoms with Crippen molar-refractivity contribution in [3.8, 4) is 17.6 Å². The molecule has 2 heterocycles. The van der Waals surface area contributed by atoms with Crippen molar-refractivity contribution in [3.05, 3.63) is 34.4 Å². The van der Waals surface area contributed by atoms with E-state index < -0.39 is 0 Å². The predicted octanol–water partition coefficient (Wildman–Crippen LogP) is 4.05. The van der Waals surface area contributed by atoms with Gasteiger partial charge in [-0.2, -0.15) is 5.26 Å². The predicted molar refractivity (Wildman–Crippen MR) is 112 cm³/mol. The number of nitriles is 1. The monoisotopic (exact) mass is 413 g/mol. The maximum Gasteiger partial charge on any atom is 0.229 e. The molecule has 1 saturated heterocycles. The second-order valence-corrected chi connectivity index (χ2v) is 8.75. The molecule has 2 fully saturated rings. The fourth-order valence-electron chi connectivity index (χ4n) is 4.62. The van der Waals surface area contributed by atoms with Crippen LogP contribution in [0, 0.1) is 11.3 Å². The summed E-state index contributed by atoms with van der Waals surface area (Å²) in [4.78, 5) is 17.3. The number of fused-ring (bicyclic) bond motifs is 1. The molecule has 154 valence electrons. The van der Waals surface area contributed by atoms with Crippen LogP contribution >= 0.6 is 11.8 Å². The van der Waals surface area contributed by atoms with E-state index >= 15 is 0 Å². The van der Waals surface area contributed by atoms with Gasteiger partial charge in [0, 0.05) is 30.0 Å². The number of hydrogen-bond donors (Lipinski definition) is 0. The topological polar surface area (TPSA) is 65.8 Å². The quantitative estimate of drug-likeness (QED) is 0.742. The Kier molecular flexibility index (Phi) is 6.02. The van der Waals surface area contributed by atoms with Gasteiger partial charge >= 0.3 is 0 Å². The summed E-state index contributed by atoms with van der Waals surface area (Å²) in [6.45, 7) is 0.601. The van der Waals surface area contributed by atoms with Crippen LogP contribution in [0.2, 0.25) is 0 Å². The SMILES string of the molecule is COc1ccc([C@@H]2CC(=O)N3CN(C4CCCCC4)CSC3=C2C#N)c(OC)c1. The summed E-state index contributed by atoms with van der Waals surface area (Å²) < 4.78 is 10.8. The average Bonchev–Trinajstić information content (AvgIpc) is 2.79. The van der Waals surface area contributed by atoms with Gasteiger partial charge in [0.1, 0.15) is 11.5 Å². The lowest BCUT2D eigenvalue weighted by Crippen LogP contribution is -2.51. The van der Waals surface area contributed by atoms with E-state index in [0.29, 0.717) is 29.8 Å². The van der Waals surface area contributed by atoms with Crippen LogP contribution in [0.25, 0.3) is 0 Å². The Morgan fingerprint density at radius 1 is 1.17 bits per heavy atom. The Hall–Kier alpha value is -2.17. The van der Waals surface area contributed by atoms with E-state index in [-0.39, 0.29) is 18.2 Å². The molecule has 1 saturated carbocycles. The minimum absolute atomic E-state index is 0.0786. The van der Waals surface area contributed by atoms with Crippen molar-refractivity contribution in [2.24, 2.45) is 0 Å². The summed E-state index contributed by atoms with van der Waals surface area (Å²) in [5, 5.41) is 10.8. The van der Waals surface area contributed by atoms with E-state index in [4.69, 9.17) is 9.47 Å². The highest BCUT2D eigenvalue weighted by molar-refractivity contribution is 8.03. The number of carbonyl (C=O) groups is 1. The highest BCUT2D eigenvalue weighted by Gasteiger charge is 2.40. The fourth-order valence-corrected chi connectivity index (χ4v) is 5.86. The van der Waals surface area contributed by atoms with Crippen LogP contribution in [0.4, 0.5) is 0 Å². The van der Waals surface area contributed by atoms with Crippen molar-refractivity contribution in [3.63, 3.8) is 0 Å². The second-order valence-electron chi connectivity index (χ2n) is 7.81. The van der Waals surface area contributed by atoms with Gasteiger partial charge in [-0.1, -0.05) is 37.1 Å². The van der Waals surface area contributed by atoms with Gasteiger partial charge in [-0.05, 0) is 18.9 Å². The number of hydrogen-bond acceptors (Lipinski definition) is 6. The zero-order chi connectivity index (χ0) is 20.4. The third-order valence-corrected chi connectivity index (χ3v) is 7.40. The minimum atomic E-state index is -0.284. The third-order valence-electron chi connectivity index (χ3n) is 6.22. The summed E-state index contributed by atoms with van der Waals surface area (Å²) in [6, 6.07) is 8.53. The van der Waals surface area contributed by atoms with Crippen LogP contribution in [0.3, 0.4) is 0 Å². The smallest absolute Gasteiger partial charge is 0.229 e. The van der Waals surface area contributed by atoms with E-state index in [1.807, 2.05) is 23.1 Å². The van der Waals surface area contributed by atoms with Gasteiger partial charge in [-0.3, -0.25) is 14.6 Å². The van der Waals surface area contributed by atoms with Crippen molar-refractivity contribution in [2.45, 2.75) is 50.5 Å². The van der Waals surface area contributed by atoms with Crippen LogP contribution in [0.5, 0.6) is 11.5 Å². The average molecular weight is 414 g/mol. The number of nitrogens with zero attached hydrogens (tertiary/aromatic N) is 3. The summed E-state index contributed by atoms with van der Waals surface area (Å²) >= 11 is 1.63. The Bertz CT molecular complexity index is 857.